The van der Waals surface area contributed by atoms with Crippen molar-refractivity contribution in [3.63, 3.8) is 0 Å². The van der Waals surface area contributed by atoms with E-state index in [0.717, 1.165) is 0 Å². The molecule has 1 aromatic carbocycles. The molecule has 2 amide bonds. The molecular weight excluding hydrogens is 312 g/mol. The quantitative estimate of drug-likeness (QED) is 0.793. The van der Waals surface area contributed by atoms with Gasteiger partial charge < -0.3 is 15.7 Å². The second-order valence-electron chi connectivity index (χ2n) is 4.60. The molecule has 0 heterocycles. The van der Waals surface area contributed by atoms with E-state index in [4.69, 9.17) is 5.11 Å². The summed E-state index contributed by atoms with van der Waals surface area (Å²) in [5, 5.41) is 14.4. The topological polar surface area (TPSA) is 78.4 Å². The van der Waals surface area contributed by atoms with Crippen LogP contribution in [0.15, 0.2) is 22.7 Å². The lowest BCUT2D eigenvalue weighted by Crippen LogP contribution is -2.39. The molecule has 1 rings (SSSR count). The van der Waals surface area contributed by atoms with Crippen molar-refractivity contribution in [1.29, 1.82) is 0 Å². The van der Waals surface area contributed by atoms with Crippen LogP contribution in [-0.4, -0.2) is 23.1 Å². The lowest BCUT2D eigenvalue weighted by molar-refractivity contribution is 0.0698. The van der Waals surface area contributed by atoms with E-state index in [-0.39, 0.29) is 17.3 Å². The molecule has 1 unspecified atom stereocenters. The van der Waals surface area contributed by atoms with Crippen LogP contribution in [0.3, 0.4) is 0 Å². The number of urea groups is 1. The van der Waals surface area contributed by atoms with Gasteiger partial charge in [-0.2, -0.15) is 0 Å². The number of aromatic carboxylic acids is 1. The summed E-state index contributed by atoms with van der Waals surface area (Å²) >= 11 is 3.23. The van der Waals surface area contributed by atoms with Gasteiger partial charge in [0.25, 0.3) is 0 Å². The number of carboxylic acid groups (broad SMARTS) is 1. The Hall–Kier alpha value is -1.56. The number of anilines is 1. The van der Waals surface area contributed by atoms with Crippen molar-refractivity contribution in [3.05, 3.63) is 28.2 Å². The Bertz CT molecular complexity index is 489. The van der Waals surface area contributed by atoms with Gasteiger partial charge in [-0.1, -0.05) is 19.9 Å². The number of rotatable bonds is 4. The van der Waals surface area contributed by atoms with Crippen LogP contribution in [-0.2, 0) is 0 Å². The van der Waals surface area contributed by atoms with Gasteiger partial charge in [0.1, 0.15) is 0 Å². The Labute approximate surface area is 120 Å². The highest BCUT2D eigenvalue weighted by atomic mass is 79.9. The number of hydrogen-bond acceptors (Lipinski definition) is 2. The third-order valence-corrected chi connectivity index (χ3v) is 3.50. The van der Waals surface area contributed by atoms with E-state index in [2.05, 4.69) is 26.6 Å². The molecule has 0 aliphatic carbocycles. The lowest BCUT2D eigenvalue weighted by atomic mass is 10.1. The molecule has 0 fully saturated rings. The number of benzene rings is 1. The highest BCUT2D eigenvalue weighted by Gasteiger charge is 2.16. The molecule has 0 saturated carbocycles. The minimum atomic E-state index is -1.09. The normalized spacial score (nSPS) is 12.1. The molecule has 0 spiro atoms. The van der Waals surface area contributed by atoms with Crippen molar-refractivity contribution in [2.45, 2.75) is 26.8 Å². The van der Waals surface area contributed by atoms with Gasteiger partial charge >= 0.3 is 12.0 Å². The molecule has 0 aliphatic heterocycles. The highest BCUT2D eigenvalue weighted by Crippen LogP contribution is 2.26. The molecule has 5 nitrogen and oxygen atoms in total. The molecule has 19 heavy (non-hydrogen) atoms. The maximum Gasteiger partial charge on any atom is 0.337 e. The van der Waals surface area contributed by atoms with Crippen molar-refractivity contribution in [1.82, 2.24) is 5.32 Å². The second-order valence-corrected chi connectivity index (χ2v) is 5.45. The van der Waals surface area contributed by atoms with E-state index in [9.17, 15) is 9.59 Å². The van der Waals surface area contributed by atoms with Crippen molar-refractivity contribution < 1.29 is 14.7 Å². The monoisotopic (exact) mass is 328 g/mol. The zero-order valence-corrected chi connectivity index (χ0v) is 12.6. The first-order chi connectivity index (χ1) is 8.82. The summed E-state index contributed by atoms with van der Waals surface area (Å²) in [6, 6.07) is 4.29. The Morgan fingerprint density at radius 3 is 2.42 bits per heavy atom. The van der Waals surface area contributed by atoms with Crippen molar-refractivity contribution in [2.75, 3.05) is 5.32 Å². The number of carboxylic acids is 1. The lowest BCUT2D eigenvalue weighted by Gasteiger charge is -2.18. The van der Waals surface area contributed by atoms with Crippen LogP contribution in [0.1, 0.15) is 31.1 Å². The second kappa shape index (κ2) is 6.56. The molecule has 0 radical (unpaired) electrons. The predicted molar refractivity (Wildman–Crippen MR) is 77.6 cm³/mol. The molecule has 104 valence electrons. The molecule has 3 N–H and O–H groups in total. The highest BCUT2D eigenvalue weighted by molar-refractivity contribution is 9.10. The average Bonchev–Trinajstić information content (AvgIpc) is 2.31. The molecule has 6 heteroatoms. The fourth-order valence-electron chi connectivity index (χ4n) is 1.35. The van der Waals surface area contributed by atoms with Gasteiger partial charge in [-0.15, -0.1) is 0 Å². The molecule has 0 saturated heterocycles. The average molecular weight is 329 g/mol. The van der Waals surface area contributed by atoms with Crippen LogP contribution in [0.2, 0.25) is 0 Å². The third-order valence-electron chi connectivity index (χ3n) is 2.84. The van der Waals surface area contributed by atoms with Gasteiger partial charge in [-0.25, -0.2) is 9.59 Å². The fourth-order valence-corrected chi connectivity index (χ4v) is 1.82. The summed E-state index contributed by atoms with van der Waals surface area (Å²) in [5.74, 6) is -0.794. The maximum atomic E-state index is 11.8. The molecular formula is C13H17BrN2O3. The SMILES string of the molecule is CC(C)C(C)NC(=O)Nc1c(Br)cccc1C(=O)O. The van der Waals surface area contributed by atoms with E-state index < -0.39 is 12.0 Å². The van der Waals surface area contributed by atoms with Crippen LogP contribution in [0.5, 0.6) is 0 Å². The number of hydrogen-bond donors (Lipinski definition) is 3. The minimum absolute atomic E-state index is 0.00392. The van der Waals surface area contributed by atoms with Gasteiger partial charge in [0.2, 0.25) is 0 Å². The number of carbonyl (C=O) groups excluding carboxylic acids is 1. The van der Waals surface area contributed by atoms with Crippen LogP contribution in [0.4, 0.5) is 10.5 Å². The maximum absolute atomic E-state index is 11.8. The Kier molecular flexibility index (Phi) is 5.35. The number of carbonyl (C=O) groups is 2. The van der Waals surface area contributed by atoms with Crippen molar-refractivity contribution in [2.24, 2.45) is 5.92 Å². The van der Waals surface area contributed by atoms with Crippen LogP contribution in [0.25, 0.3) is 0 Å². The van der Waals surface area contributed by atoms with Gasteiger partial charge in [0.15, 0.2) is 0 Å². The van der Waals surface area contributed by atoms with Crippen LogP contribution in [0, 0.1) is 5.92 Å². The van der Waals surface area contributed by atoms with E-state index in [1.54, 1.807) is 12.1 Å². The first-order valence-electron chi connectivity index (χ1n) is 5.92. The smallest absolute Gasteiger partial charge is 0.337 e. The first-order valence-corrected chi connectivity index (χ1v) is 6.71. The van der Waals surface area contributed by atoms with Gasteiger partial charge in [0, 0.05) is 10.5 Å². The van der Waals surface area contributed by atoms with Crippen molar-refractivity contribution in [3.8, 4) is 0 Å². The predicted octanol–water partition coefficient (Wildman–Crippen LogP) is 3.31. The number of nitrogens with one attached hydrogen (secondary N) is 2. The van der Waals surface area contributed by atoms with Gasteiger partial charge in [-0.3, -0.25) is 0 Å². The standard InChI is InChI=1S/C13H17BrN2O3/c1-7(2)8(3)15-13(19)16-11-9(12(17)18)5-4-6-10(11)14/h4-8H,1-3H3,(H,17,18)(H2,15,16,19). The largest absolute Gasteiger partial charge is 0.478 e. The summed E-state index contributed by atoms with van der Waals surface area (Å²) in [6.45, 7) is 5.88. The summed E-state index contributed by atoms with van der Waals surface area (Å²) < 4.78 is 0.528. The van der Waals surface area contributed by atoms with Crippen molar-refractivity contribution >= 4 is 33.6 Å². The Balaban J connectivity index is 2.88. The molecule has 0 aliphatic rings. The van der Waals surface area contributed by atoms with E-state index in [0.29, 0.717) is 10.4 Å². The van der Waals surface area contributed by atoms with E-state index in [1.165, 1.54) is 6.07 Å². The first kappa shape index (κ1) is 15.5. The Morgan fingerprint density at radius 1 is 1.26 bits per heavy atom. The fraction of sp³-hybridized carbons (Fsp3) is 0.385. The summed E-state index contributed by atoms with van der Waals surface area (Å²) in [6.07, 6.45) is 0. The Morgan fingerprint density at radius 2 is 1.89 bits per heavy atom. The van der Waals surface area contributed by atoms with E-state index in [1.807, 2.05) is 20.8 Å². The molecule has 0 aromatic heterocycles. The third kappa shape index (κ3) is 4.24. The summed E-state index contributed by atoms with van der Waals surface area (Å²) in [7, 11) is 0. The minimum Gasteiger partial charge on any atom is -0.478 e. The number of para-hydroxylation sites is 1. The number of amides is 2. The van der Waals surface area contributed by atoms with Crippen LogP contribution >= 0.6 is 15.9 Å². The van der Waals surface area contributed by atoms with E-state index >= 15 is 0 Å². The van der Waals surface area contributed by atoms with Gasteiger partial charge in [-0.05, 0) is 40.9 Å². The molecule has 1 aromatic rings. The zero-order valence-electron chi connectivity index (χ0n) is 11.0. The number of halogens is 1. The molecule has 1 atom stereocenters. The van der Waals surface area contributed by atoms with Crippen LogP contribution < -0.4 is 10.6 Å². The summed E-state index contributed by atoms with van der Waals surface area (Å²) in [5.41, 5.74) is 0.296. The van der Waals surface area contributed by atoms with Gasteiger partial charge in [0.05, 0.1) is 11.3 Å². The summed E-state index contributed by atoms with van der Waals surface area (Å²) in [4.78, 5) is 22.9. The molecule has 0 bridgehead atoms. The zero-order chi connectivity index (χ0) is 14.6.